The van der Waals surface area contributed by atoms with Crippen molar-refractivity contribution in [3.05, 3.63) is 84.4 Å². The van der Waals surface area contributed by atoms with Gasteiger partial charge in [-0.25, -0.2) is 0 Å². The lowest BCUT2D eigenvalue weighted by molar-refractivity contribution is -0.114. The molecule has 0 saturated carbocycles. The molecule has 3 aromatic carbocycles. The third-order valence-corrected chi connectivity index (χ3v) is 4.50. The first-order chi connectivity index (χ1) is 16.0. The largest absolute Gasteiger partial charge is 0.490 e. The van der Waals surface area contributed by atoms with Crippen LogP contribution < -0.4 is 25.4 Å². The smallest absolute Gasteiger partial charge is 0.251 e. The highest BCUT2D eigenvalue weighted by Gasteiger charge is 2.08. The van der Waals surface area contributed by atoms with Crippen molar-refractivity contribution in [2.75, 3.05) is 30.4 Å². The molecule has 0 fully saturated rings. The summed E-state index contributed by atoms with van der Waals surface area (Å²) in [4.78, 5) is 24.4. The molecule has 0 radical (unpaired) electrons. The lowest BCUT2D eigenvalue weighted by atomic mass is 10.1. The molecule has 0 atom stereocenters. The van der Waals surface area contributed by atoms with E-state index in [1.54, 1.807) is 42.5 Å². The fourth-order valence-electron chi connectivity index (χ4n) is 2.97. The number of rotatable bonds is 11. The number of amides is 2. The second-order valence-corrected chi connectivity index (χ2v) is 7.65. The molecule has 7 heteroatoms. The maximum Gasteiger partial charge on any atom is 0.251 e. The second kappa shape index (κ2) is 12.1. The van der Waals surface area contributed by atoms with Crippen molar-refractivity contribution in [2.24, 2.45) is 0 Å². The van der Waals surface area contributed by atoms with Crippen molar-refractivity contribution in [1.29, 1.82) is 0 Å². The van der Waals surface area contributed by atoms with Crippen LogP contribution in [0.4, 0.5) is 11.4 Å². The number of ether oxygens (including phenoxy) is 2. The Morgan fingerprint density at radius 1 is 0.788 bits per heavy atom. The Kier molecular flexibility index (Phi) is 8.71. The molecule has 2 amide bonds. The van der Waals surface area contributed by atoms with Crippen LogP contribution in [0.2, 0.25) is 0 Å². The van der Waals surface area contributed by atoms with Gasteiger partial charge in [-0.2, -0.15) is 0 Å². The van der Waals surface area contributed by atoms with Crippen LogP contribution in [0.15, 0.2) is 78.9 Å². The molecule has 0 saturated heterocycles. The number of hydrogen-bond acceptors (Lipinski definition) is 5. The van der Waals surface area contributed by atoms with E-state index in [0.29, 0.717) is 35.9 Å². The Bertz CT molecular complexity index is 1040. The molecule has 0 aliphatic heterocycles. The van der Waals surface area contributed by atoms with Gasteiger partial charge in [0.05, 0.1) is 6.54 Å². The van der Waals surface area contributed by atoms with Gasteiger partial charge in [0.1, 0.15) is 24.7 Å². The van der Waals surface area contributed by atoms with Crippen LogP contribution in [0.5, 0.6) is 11.5 Å². The highest BCUT2D eigenvalue weighted by atomic mass is 16.5. The Labute approximate surface area is 194 Å². The molecule has 0 spiro atoms. The maximum atomic E-state index is 12.3. The number of carbonyl (C=O) groups excluding carboxylic acids is 2. The summed E-state index contributed by atoms with van der Waals surface area (Å²) in [5, 5.41) is 8.72. The van der Waals surface area contributed by atoms with Crippen molar-refractivity contribution < 1.29 is 19.1 Å². The van der Waals surface area contributed by atoms with E-state index in [1.807, 2.05) is 50.2 Å². The highest BCUT2D eigenvalue weighted by Crippen LogP contribution is 2.16. The quantitative estimate of drug-likeness (QED) is 0.381. The second-order valence-electron chi connectivity index (χ2n) is 7.65. The van der Waals surface area contributed by atoms with E-state index in [1.165, 1.54) is 0 Å². The first kappa shape index (κ1) is 23.7. The molecule has 3 aromatic rings. The van der Waals surface area contributed by atoms with Crippen molar-refractivity contribution in [2.45, 2.75) is 19.9 Å². The zero-order valence-electron chi connectivity index (χ0n) is 18.8. The zero-order valence-corrected chi connectivity index (χ0v) is 18.8. The van der Waals surface area contributed by atoms with Crippen LogP contribution in [0, 0.1) is 0 Å². The lowest BCUT2D eigenvalue weighted by Gasteiger charge is -2.11. The van der Waals surface area contributed by atoms with E-state index in [4.69, 9.17) is 9.47 Å². The van der Waals surface area contributed by atoms with Gasteiger partial charge in [0.25, 0.3) is 5.91 Å². The lowest BCUT2D eigenvalue weighted by Crippen LogP contribution is -2.30. The number of carbonyl (C=O) groups is 2. The summed E-state index contributed by atoms with van der Waals surface area (Å²) in [5.41, 5.74) is 1.90. The zero-order chi connectivity index (χ0) is 23.5. The Hall–Kier alpha value is -4.00. The molecule has 3 N–H and O–H groups in total. The molecule has 0 aliphatic rings. The van der Waals surface area contributed by atoms with Crippen molar-refractivity contribution in [1.82, 2.24) is 5.32 Å². The monoisotopic (exact) mass is 447 g/mol. The number of nitrogens with one attached hydrogen (secondary N) is 3. The summed E-state index contributed by atoms with van der Waals surface area (Å²) in [6.45, 7) is 4.74. The Morgan fingerprint density at radius 2 is 1.45 bits per heavy atom. The van der Waals surface area contributed by atoms with Gasteiger partial charge in [-0.05, 0) is 68.4 Å². The predicted octanol–water partition coefficient (Wildman–Crippen LogP) is 4.33. The van der Waals surface area contributed by atoms with Gasteiger partial charge < -0.3 is 25.4 Å². The van der Waals surface area contributed by atoms with Crippen molar-refractivity contribution in [3.8, 4) is 11.5 Å². The standard InChI is InChI=1S/C26H29N3O4/c1-19(2)28-26(31)20-7-6-8-22(17-20)27-18-25(30)29-21-11-13-24(14-12-21)33-16-15-32-23-9-4-3-5-10-23/h3-14,17,19,27H,15-16,18H2,1-2H3,(H,28,31)(H,29,30). The van der Waals surface area contributed by atoms with Crippen LogP contribution >= 0.6 is 0 Å². The molecule has 0 unspecified atom stereocenters. The van der Waals surface area contributed by atoms with E-state index in [9.17, 15) is 9.59 Å². The highest BCUT2D eigenvalue weighted by molar-refractivity contribution is 5.96. The molecule has 0 heterocycles. The van der Waals surface area contributed by atoms with Gasteiger partial charge in [-0.1, -0.05) is 24.3 Å². The van der Waals surface area contributed by atoms with E-state index >= 15 is 0 Å². The third kappa shape index (κ3) is 8.22. The van der Waals surface area contributed by atoms with Crippen LogP contribution in [-0.4, -0.2) is 37.6 Å². The summed E-state index contributed by atoms with van der Waals surface area (Å²) in [6, 6.07) is 23.8. The minimum Gasteiger partial charge on any atom is -0.490 e. The van der Waals surface area contributed by atoms with Crippen molar-refractivity contribution >= 4 is 23.2 Å². The first-order valence-electron chi connectivity index (χ1n) is 10.8. The SMILES string of the molecule is CC(C)NC(=O)c1cccc(NCC(=O)Nc2ccc(OCCOc3ccccc3)cc2)c1. The topological polar surface area (TPSA) is 88.7 Å². The van der Waals surface area contributed by atoms with E-state index in [2.05, 4.69) is 16.0 Å². The van der Waals surface area contributed by atoms with Gasteiger partial charge >= 0.3 is 0 Å². The molecular weight excluding hydrogens is 418 g/mol. The fourth-order valence-corrected chi connectivity index (χ4v) is 2.97. The number of anilines is 2. The van der Waals surface area contributed by atoms with Crippen LogP contribution in [0.25, 0.3) is 0 Å². The third-order valence-electron chi connectivity index (χ3n) is 4.50. The minimum absolute atomic E-state index is 0.0549. The summed E-state index contributed by atoms with van der Waals surface area (Å²) < 4.78 is 11.3. The molecule has 33 heavy (non-hydrogen) atoms. The number of benzene rings is 3. The van der Waals surface area contributed by atoms with Crippen LogP contribution in [0.3, 0.4) is 0 Å². The van der Waals surface area contributed by atoms with Gasteiger partial charge in [0, 0.05) is 23.0 Å². The van der Waals surface area contributed by atoms with Crippen molar-refractivity contribution in [3.63, 3.8) is 0 Å². The molecule has 0 bridgehead atoms. The molecular formula is C26H29N3O4. The average molecular weight is 448 g/mol. The van der Waals surface area contributed by atoms with E-state index in [-0.39, 0.29) is 24.4 Å². The summed E-state index contributed by atoms with van der Waals surface area (Å²) >= 11 is 0. The Morgan fingerprint density at radius 3 is 2.12 bits per heavy atom. The van der Waals surface area contributed by atoms with Gasteiger partial charge in [-0.3, -0.25) is 9.59 Å². The Balaban J connectivity index is 1.40. The minimum atomic E-state index is -0.197. The molecule has 0 aliphatic carbocycles. The molecule has 172 valence electrons. The van der Waals surface area contributed by atoms with Gasteiger partial charge in [0.15, 0.2) is 0 Å². The molecule has 7 nitrogen and oxygen atoms in total. The normalized spacial score (nSPS) is 10.4. The molecule has 0 aromatic heterocycles. The summed E-state index contributed by atoms with van der Waals surface area (Å²) in [6.07, 6.45) is 0. The van der Waals surface area contributed by atoms with E-state index in [0.717, 1.165) is 5.75 Å². The maximum absolute atomic E-state index is 12.3. The molecule has 3 rings (SSSR count). The van der Waals surface area contributed by atoms with Crippen LogP contribution in [-0.2, 0) is 4.79 Å². The average Bonchev–Trinajstić information content (AvgIpc) is 2.82. The fraction of sp³-hybridized carbons (Fsp3) is 0.231. The predicted molar refractivity (Wildman–Crippen MR) is 130 cm³/mol. The number of hydrogen-bond donors (Lipinski definition) is 3. The van der Waals surface area contributed by atoms with E-state index < -0.39 is 0 Å². The summed E-state index contributed by atoms with van der Waals surface area (Å²) in [5.74, 6) is 1.15. The number of para-hydroxylation sites is 1. The summed E-state index contributed by atoms with van der Waals surface area (Å²) in [7, 11) is 0. The first-order valence-corrected chi connectivity index (χ1v) is 10.8. The van der Waals surface area contributed by atoms with Gasteiger partial charge in [-0.15, -0.1) is 0 Å². The van der Waals surface area contributed by atoms with Gasteiger partial charge in [0.2, 0.25) is 5.91 Å². The van der Waals surface area contributed by atoms with Crippen LogP contribution in [0.1, 0.15) is 24.2 Å².